The van der Waals surface area contributed by atoms with Crippen molar-refractivity contribution in [2.75, 3.05) is 4.72 Å². The summed E-state index contributed by atoms with van der Waals surface area (Å²) < 4.78 is 29.1. The molecular weight excluding hydrogens is 326 g/mol. The Kier molecular flexibility index (Phi) is 3.20. The molecule has 0 saturated carbocycles. The number of nitrogens with zero attached hydrogens (tertiary/aromatic N) is 4. The number of aryl methyl sites for hydroxylation is 1. The van der Waals surface area contributed by atoms with Crippen molar-refractivity contribution in [3.8, 4) is 0 Å². The molecule has 0 unspecified atom stereocenters. The molecule has 0 amide bonds. The highest BCUT2D eigenvalue weighted by Gasteiger charge is 2.22. The Balaban J connectivity index is 1.79. The quantitative estimate of drug-likeness (QED) is 0.619. The van der Waals surface area contributed by atoms with Crippen LogP contribution >= 0.6 is 0 Å². The number of anilines is 1. The van der Waals surface area contributed by atoms with Crippen LogP contribution < -0.4 is 4.72 Å². The van der Waals surface area contributed by atoms with Gasteiger partial charge < -0.3 is 0 Å². The second-order valence-electron chi connectivity index (χ2n) is 5.34. The summed E-state index contributed by atoms with van der Waals surface area (Å²) in [6, 6.07) is 14.7. The van der Waals surface area contributed by atoms with E-state index in [0.717, 1.165) is 16.5 Å². The van der Waals surface area contributed by atoms with Crippen LogP contribution in [-0.2, 0) is 10.0 Å². The summed E-state index contributed by atoms with van der Waals surface area (Å²) in [5, 5.41) is 5.43. The van der Waals surface area contributed by atoms with E-state index in [1.165, 1.54) is 4.52 Å². The molecule has 0 spiro atoms. The standard InChI is InChI=1S/C16H13N5O2S/c1-11-9-10-21-15(17-11)18-16(19-21)24(22,23)20-14-8-4-6-12-5-2-3-7-13(12)14/h2-10,20H,1H3. The first-order valence-electron chi connectivity index (χ1n) is 7.23. The number of aromatic nitrogens is 4. The lowest BCUT2D eigenvalue weighted by Crippen LogP contribution is -2.15. The van der Waals surface area contributed by atoms with Crippen LogP contribution in [0.3, 0.4) is 0 Å². The first-order chi connectivity index (χ1) is 11.5. The molecule has 0 radical (unpaired) electrons. The molecule has 2 aromatic heterocycles. The Labute approximate surface area is 138 Å². The predicted octanol–water partition coefficient (Wildman–Crippen LogP) is 2.39. The molecule has 1 N–H and O–H groups in total. The van der Waals surface area contributed by atoms with Gasteiger partial charge >= 0.3 is 0 Å². The van der Waals surface area contributed by atoms with Crippen LogP contribution in [0.25, 0.3) is 16.6 Å². The summed E-state index contributed by atoms with van der Waals surface area (Å²) in [5.74, 6) is 0.244. The molecule has 0 atom stereocenters. The summed E-state index contributed by atoms with van der Waals surface area (Å²) in [6.45, 7) is 1.80. The summed E-state index contributed by atoms with van der Waals surface area (Å²) in [5.41, 5.74) is 1.22. The fourth-order valence-electron chi connectivity index (χ4n) is 2.46. The largest absolute Gasteiger partial charge is 0.299 e. The average molecular weight is 339 g/mol. The van der Waals surface area contributed by atoms with Gasteiger partial charge in [0.2, 0.25) is 0 Å². The van der Waals surface area contributed by atoms with Crippen LogP contribution in [-0.4, -0.2) is 28.0 Å². The summed E-state index contributed by atoms with van der Waals surface area (Å²) in [6.07, 6.45) is 1.63. The molecule has 0 saturated heterocycles. The Morgan fingerprint density at radius 3 is 2.67 bits per heavy atom. The molecule has 2 aromatic carbocycles. The Bertz CT molecular complexity index is 1160. The van der Waals surface area contributed by atoms with E-state index >= 15 is 0 Å². The number of rotatable bonds is 3. The lowest BCUT2D eigenvalue weighted by molar-refractivity contribution is 0.592. The molecule has 0 aliphatic rings. The monoisotopic (exact) mass is 339 g/mol. The van der Waals surface area contributed by atoms with Crippen molar-refractivity contribution in [1.29, 1.82) is 0 Å². The van der Waals surface area contributed by atoms with Gasteiger partial charge in [0, 0.05) is 17.3 Å². The van der Waals surface area contributed by atoms with Crippen molar-refractivity contribution in [2.45, 2.75) is 12.1 Å². The minimum atomic E-state index is -3.91. The van der Waals surface area contributed by atoms with Gasteiger partial charge in [-0.2, -0.15) is 13.4 Å². The van der Waals surface area contributed by atoms with E-state index in [9.17, 15) is 8.42 Å². The third kappa shape index (κ3) is 2.46. The number of fused-ring (bicyclic) bond motifs is 2. The molecule has 2 heterocycles. The number of nitrogens with one attached hydrogen (secondary N) is 1. The smallest absolute Gasteiger partial charge is 0.276 e. The topological polar surface area (TPSA) is 89.3 Å². The summed E-state index contributed by atoms with van der Waals surface area (Å²) in [7, 11) is -3.91. The van der Waals surface area contributed by atoms with Crippen LogP contribution in [0.1, 0.15) is 5.69 Å². The number of benzene rings is 2. The van der Waals surface area contributed by atoms with E-state index in [-0.39, 0.29) is 10.9 Å². The van der Waals surface area contributed by atoms with Gasteiger partial charge in [-0.25, -0.2) is 9.50 Å². The van der Waals surface area contributed by atoms with Crippen LogP contribution in [0.5, 0.6) is 0 Å². The summed E-state index contributed by atoms with van der Waals surface area (Å²) in [4.78, 5) is 8.18. The zero-order valence-corrected chi connectivity index (χ0v) is 13.5. The van der Waals surface area contributed by atoms with Crippen LogP contribution in [0.4, 0.5) is 5.69 Å². The maximum Gasteiger partial charge on any atom is 0.299 e. The molecule has 24 heavy (non-hydrogen) atoms. The van der Waals surface area contributed by atoms with Gasteiger partial charge in [-0.3, -0.25) is 4.72 Å². The number of hydrogen-bond acceptors (Lipinski definition) is 5. The SMILES string of the molecule is Cc1ccn2nc(S(=O)(=O)Nc3cccc4ccccc34)nc2n1. The van der Waals surface area contributed by atoms with Gasteiger partial charge in [0.25, 0.3) is 21.0 Å². The van der Waals surface area contributed by atoms with Crippen LogP contribution in [0.2, 0.25) is 0 Å². The van der Waals surface area contributed by atoms with Crippen molar-refractivity contribution in [3.63, 3.8) is 0 Å². The fourth-order valence-corrected chi connectivity index (χ4v) is 3.42. The van der Waals surface area contributed by atoms with E-state index in [1.54, 1.807) is 31.3 Å². The Morgan fingerprint density at radius 1 is 1.00 bits per heavy atom. The molecule has 0 aliphatic carbocycles. The third-order valence-electron chi connectivity index (χ3n) is 3.60. The molecule has 4 rings (SSSR count). The highest BCUT2D eigenvalue weighted by Crippen LogP contribution is 2.25. The molecule has 4 aromatic rings. The van der Waals surface area contributed by atoms with Gasteiger partial charge in [0.1, 0.15) is 0 Å². The first kappa shape index (κ1) is 14.6. The Hall–Kier alpha value is -3.00. The lowest BCUT2D eigenvalue weighted by Gasteiger charge is -2.08. The highest BCUT2D eigenvalue weighted by molar-refractivity contribution is 7.92. The second-order valence-corrected chi connectivity index (χ2v) is 6.92. The second kappa shape index (κ2) is 5.27. The van der Waals surface area contributed by atoms with Crippen molar-refractivity contribution in [3.05, 3.63) is 60.4 Å². The van der Waals surface area contributed by atoms with Gasteiger partial charge in [-0.05, 0) is 24.4 Å². The number of sulfonamides is 1. The molecule has 7 nitrogen and oxygen atoms in total. The van der Waals surface area contributed by atoms with Gasteiger partial charge in [-0.1, -0.05) is 36.4 Å². The predicted molar refractivity (Wildman–Crippen MR) is 90.3 cm³/mol. The Morgan fingerprint density at radius 2 is 1.79 bits per heavy atom. The van der Waals surface area contributed by atoms with E-state index in [1.807, 2.05) is 30.3 Å². The van der Waals surface area contributed by atoms with E-state index in [0.29, 0.717) is 5.69 Å². The normalized spacial score (nSPS) is 11.9. The maximum absolute atomic E-state index is 12.6. The van der Waals surface area contributed by atoms with E-state index in [4.69, 9.17) is 0 Å². The fraction of sp³-hybridized carbons (Fsp3) is 0.0625. The molecule has 120 valence electrons. The van der Waals surface area contributed by atoms with Crippen molar-refractivity contribution < 1.29 is 8.42 Å². The summed E-state index contributed by atoms with van der Waals surface area (Å²) >= 11 is 0. The third-order valence-corrected chi connectivity index (χ3v) is 4.74. The van der Waals surface area contributed by atoms with E-state index in [2.05, 4.69) is 19.8 Å². The maximum atomic E-state index is 12.6. The van der Waals surface area contributed by atoms with Crippen molar-refractivity contribution >= 4 is 32.3 Å². The minimum absolute atomic E-state index is 0.244. The van der Waals surface area contributed by atoms with Gasteiger partial charge in [0.05, 0.1) is 5.69 Å². The van der Waals surface area contributed by atoms with Crippen molar-refractivity contribution in [1.82, 2.24) is 19.6 Å². The molecular formula is C16H13N5O2S. The van der Waals surface area contributed by atoms with Gasteiger partial charge in [0.15, 0.2) is 0 Å². The first-order valence-corrected chi connectivity index (χ1v) is 8.72. The highest BCUT2D eigenvalue weighted by atomic mass is 32.2. The van der Waals surface area contributed by atoms with Crippen molar-refractivity contribution in [2.24, 2.45) is 0 Å². The molecule has 0 fully saturated rings. The van der Waals surface area contributed by atoms with Crippen LogP contribution in [0, 0.1) is 6.92 Å². The number of hydrogen-bond donors (Lipinski definition) is 1. The minimum Gasteiger partial charge on any atom is -0.276 e. The molecule has 0 aliphatic heterocycles. The zero-order valence-electron chi connectivity index (χ0n) is 12.7. The van der Waals surface area contributed by atoms with Gasteiger partial charge in [-0.15, -0.1) is 5.10 Å². The molecule has 0 bridgehead atoms. The van der Waals surface area contributed by atoms with E-state index < -0.39 is 10.0 Å². The molecule has 8 heteroatoms. The zero-order chi connectivity index (χ0) is 16.7. The van der Waals surface area contributed by atoms with Crippen LogP contribution in [0.15, 0.2) is 59.9 Å². The average Bonchev–Trinajstić information content (AvgIpc) is 2.99. The lowest BCUT2D eigenvalue weighted by atomic mass is 10.1.